The van der Waals surface area contributed by atoms with E-state index in [1.807, 2.05) is 30.3 Å². The average molecular weight is 753 g/mol. The van der Waals surface area contributed by atoms with Crippen molar-refractivity contribution in [1.82, 2.24) is 9.29 Å². The first kappa shape index (κ1) is 37.3. The van der Waals surface area contributed by atoms with Gasteiger partial charge in [0.1, 0.15) is 6.10 Å². The fourth-order valence-electron chi connectivity index (χ4n) is 8.20. The van der Waals surface area contributed by atoms with Gasteiger partial charge in [-0.3, -0.25) is 9.59 Å². The van der Waals surface area contributed by atoms with Crippen LogP contribution in [0.2, 0.25) is 0 Å². The Labute approximate surface area is 309 Å². The van der Waals surface area contributed by atoms with E-state index in [1.54, 1.807) is 24.4 Å². The van der Waals surface area contributed by atoms with Crippen LogP contribution in [0.4, 0.5) is 0 Å². The summed E-state index contributed by atoms with van der Waals surface area (Å²) < 4.78 is 54.4. The van der Waals surface area contributed by atoms with E-state index in [0.29, 0.717) is 43.2 Å². The van der Waals surface area contributed by atoms with Crippen molar-refractivity contribution in [2.24, 2.45) is 23.7 Å². The van der Waals surface area contributed by atoms with E-state index in [2.05, 4.69) is 4.98 Å². The van der Waals surface area contributed by atoms with E-state index in [0.717, 1.165) is 48.1 Å². The van der Waals surface area contributed by atoms with Gasteiger partial charge in [0.2, 0.25) is 10.0 Å². The van der Waals surface area contributed by atoms with E-state index in [9.17, 15) is 23.1 Å². The number of hydrogen-bond acceptors (Lipinski definition) is 11. The molecule has 3 aromatic rings. The molecule has 7 atom stereocenters. The maximum Gasteiger partial charge on any atom is 0.306 e. The van der Waals surface area contributed by atoms with Gasteiger partial charge in [-0.05, 0) is 54.5 Å². The minimum absolute atomic E-state index is 0.0550. The number of aromatic nitrogens is 1. The van der Waals surface area contributed by atoms with Gasteiger partial charge in [-0.25, -0.2) is 13.4 Å². The van der Waals surface area contributed by atoms with E-state index in [4.69, 9.17) is 18.9 Å². The number of esters is 1. The van der Waals surface area contributed by atoms with Crippen LogP contribution < -0.4 is 0 Å². The predicted octanol–water partition coefficient (Wildman–Crippen LogP) is 5.64. The summed E-state index contributed by atoms with van der Waals surface area (Å²) in [5.74, 6) is -0.659. The zero-order valence-corrected chi connectivity index (χ0v) is 31.2. The van der Waals surface area contributed by atoms with Gasteiger partial charge in [-0.1, -0.05) is 55.7 Å². The van der Waals surface area contributed by atoms with Gasteiger partial charge in [-0.15, -0.1) is 11.3 Å². The number of carbonyl (C=O) groups is 2. The number of aliphatic hydroxyl groups is 1. The van der Waals surface area contributed by atoms with Crippen LogP contribution in [0, 0.1) is 23.7 Å². The third-order valence-electron chi connectivity index (χ3n) is 11.0. The normalized spacial score (nSPS) is 27.4. The van der Waals surface area contributed by atoms with Crippen molar-refractivity contribution in [3.63, 3.8) is 0 Å². The molecule has 11 nitrogen and oxygen atoms in total. The molecule has 3 aliphatic heterocycles. The van der Waals surface area contributed by atoms with Crippen LogP contribution in [-0.4, -0.2) is 86.0 Å². The Morgan fingerprint density at radius 2 is 1.83 bits per heavy atom. The molecule has 1 aliphatic carbocycles. The van der Waals surface area contributed by atoms with Gasteiger partial charge in [0.05, 0.1) is 42.1 Å². The number of sulfonamides is 1. The SMILES string of the molecule is CC(=O)c1ncc(-c2ccc3c(c2)COCCCCCCCN(C[C@@H](O)[C@@H](CC(=O)O[C@H]2C4CO[C@H]5OC[C@@H]2C5C4)Cc2ccccc2)S3(=O)=O)s1. The molecule has 0 amide bonds. The van der Waals surface area contributed by atoms with Crippen LogP contribution >= 0.6 is 11.3 Å². The standard InChI is InChI=1S/C39H48N2O9S2/c1-25(42)38-40-20-34(51-38)27-12-13-35-29(17-27)22-47-15-9-4-2-3-8-14-41(52(35,45)46)21-33(43)28(16-26-10-6-5-7-11-26)19-36(44)50-37-30-18-31-32(37)24-49-39(31)48-23-30/h5-7,10-13,17,20,28,30-33,37,39,43H,2-4,8-9,14-16,18-19,21-24H2,1H3/t28-,30?,31?,32-,33-,37+,39+/m1/s1. The molecule has 13 heteroatoms. The van der Waals surface area contributed by atoms with Crippen LogP contribution in [-0.2, 0) is 46.8 Å². The molecule has 3 fully saturated rings. The van der Waals surface area contributed by atoms with Gasteiger partial charge in [0.15, 0.2) is 17.1 Å². The summed E-state index contributed by atoms with van der Waals surface area (Å²) in [5, 5.41) is 12.3. The lowest BCUT2D eigenvalue weighted by Gasteiger charge is -2.31. The molecule has 1 saturated carbocycles. The summed E-state index contributed by atoms with van der Waals surface area (Å²) in [6.07, 6.45) is 5.48. The van der Waals surface area contributed by atoms with E-state index in [-0.39, 0.29) is 66.9 Å². The Bertz CT molecular complexity index is 1820. The van der Waals surface area contributed by atoms with E-state index in [1.165, 1.54) is 22.6 Å². The van der Waals surface area contributed by atoms with Crippen LogP contribution in [0.1, 0.15) is 72.8 Å². The molecular formula is C39H48N2O9S2. The first-order valence-corrected chi connectivity index (χ1v) is 20.8. The average Bonchev–Trinajstić information content (AvgIpc) is 3.86. The maximum atomic E-state index is 14.6. The van der Waals surface area contributed by atoms with Crippen molar-refractivity contribution in [2.45, 2.75) is 88.3 Å². The Balaban J connectivity index is 1.14. The number of fused-ring (bicyclic) bond motifs is 2. The van der Waals surface area contributed by atoms with Gasteiger partial charge in [-0.2, -0.15) is 4.31 Å². The van der Waals surface area contributed by atoms with Crippen molar-refractivity contribution in [2.75, 3.05) is 32.9 Å². The Hall–Kier alpha value is -3.04. The second kappa shape index (κ2) is 16.5. The summed E-state index contributed by atoms with van der Waals surface area (Å²) in [5.41, 5.74) is 2.19. The Kier molecular flexibility index (Phi) is 11.9. The molecule has 0 radical (unpaired) electrons. The van der Waals surface area contributed by atoms with Gasteiger partial charge < -0.3 is 24.1 Å². The minimum Gasteiger partial charge on any atom is -0.462 e. The highest BCUT2D eigenvalue weighted by Gasteiger charge is 2.56. The summed E-state index contributed by atoms with van der Waals surface area (Å²) >= 11 is 1.26. The van der Waals surface area contributed by atoms with Crippen molar-refractivity contribution < 1.29 is 42.1 Å². The second-order valence-corrected chi connectivity index (χ2v) is 17.6. The van der Waals surface area contributed by atoms with Crippen LogP contribution in [0.15, 0.2) is 59.6 Å². The fourth-order valence-corrected chi connectivity index (χ4v) is 10.7. The second-order valence-electron chi connectivity index (χ2n) is 14.6. The molecule has 280 valence electrons. The quantitative estimate of drug-likeness (QED) is 0.204. The molecule has 1 N–H and O–H groups in total. The maximum absolute atomic E-state index is 14.6. The highest BCUT2D eigenvalue weighted by Crippen LogP contribution is 2.49. The smallest absolute Gasteiger partial charge is 0.306 e. The summed E-state index contributed by atoms with van der Waals surface area (Å²) in [4.78, 5) is 30.7. The zero-order valence-electron chi connectivity index (χ0n) is 29.6. The lowest BCUT2D eigenvalue weighted by Crippen LogP contribution is -2.42. The molecule has 4 aliphatic rings. The molecule has 52 heavy (non-hydrogen) atoms. The van der Waals surface area contributed by atoms with Crippen molar-refractivity contribution in [1.29, 1.82) is 0 Å². The first-order valence-electron chi connectivity index (χ1n) is 18.5. The minimum atomic E-state index is -4.11. The van der Waals surface area contributed by atoms with E-state index < -0.39 is 28.0 Å². The number of β-amino-alcohol motifs (C(OH)–C–C–N with tert-alkyl or cyclic N) is 1. The van der Waals surface area contributed by atoms with E-state index >= 15 is 0 Å². The Morgan fingerprint density at radius 3 is 2.63 bits per heavy atom. The fraction of sp³-hybridized carbons (Fsp3) is 0.564. The Morgan fingerprint density at radius 1 is 1.04 bits per heavy atom. The van der Waals surface area contributed by atoms with Gasteiger partial charge >= 0.3 is 5.97 Å². The number of thiazole rings is 1. The number of ether oxygens (including phenoxy) is 4. The van der Waals surface area contributed by atoms with Gasteiger partial charge in [0, 0.05) is 56.5 Å². The van der Waals surface area contributed by atoms with Gasteiger partial charge in [0.25, 0.3) is 0 Å². The third-order valence-corrected chi connectivity index (χ3v) is 14.1. The number of ketones is 1. The molecule has 2 aromatic carbocycles. The van der Waals surface area contributed by atoms with Crippen molar-refractivity contribution >= 4 is 33.1 Å². The lowest BCUT2D eigenvalue weighted by molar-refractivity contribution is -0.178. The van der Waals surface area contributed by atoms with Crippen LogP contribution in [0.3, 0.4) is 0 Å². The number of aliphatic hydroxyl groups excluding tert-OH is 1. The number of carbonyl (C=O) groups excluding carboxylic acids is 2. The monoisotopic (exact) mass is 752 g/mol. The number of Topliss-reactive ketones (excluding diaryl/α,β-unsaturated/α-hetero) is 1. The molecule has 2 unspecified atom stereocenters. The number of benzene rings is 2. The predicted molar refractivity (Wildman–Crippen MR) is 194 cm³/mol. The molecule has 2 bridgehead atoms. The summed E-state index contributed by atoms with van der Waals surface area (Å²) in [6.45, 7) is 3.14. The lowest BCUT2D eigenvalue weighted by atomic mass is 9.90. The largest absolute Gasteiger partial charge is 0.462 e. The number of hydrogen-bond donors (Lipinski definition) is 1. The first-order chi connectivity index (χ1) is 25.2. The molecule has 7 rings (SSSR count). The summed E-state index contributed by atoms with van der Waals surface area (Å²) in [7, 11) is -4.11. The zero-order chi connectivity index (χ0) is 36.2. The molecular weight excluding hydrogens is 705 g/mol. The van der Waals surface area contributed by atoms with Crippen LogP contribution in [0.25, 0.3) is 10.4 Å². The molecule has 2 saturated heterocycles. The molecule has 0 spiro atoms. The van der Waals surface area contributed by atoms with Crippen molar-refractivity contribution in [3.05, 3.63) is 70.9 Å². The topological polar surface area (TPSA) is 142 Å². The highest BCUT2D eigenvalue weighted by molar-refractivity contribution is 7.89. The van der Waals surface area contributed by atoms with Crippen molar-refractivity contribution in [3.8, 4) is 10.4 Å². The van der Waals surface area contributed by atoms with Crippen LogP contribution in [0.5, 0.6) is 0 Å². The molecule has 1 aromatic heterocycles. The molecule has 4 heterocycles. The third kappa shape index (κ3) is 8.36. The number of rotatable bonds is 10. The number of nitrogens with zero attached hydrogens (tertiary/aromatic N) is 2. The summed E-state index contributed by atoms with van der Waals surface area (Å²) in [6, 6.07) is 14.8. The highest BCUT2D eigenvalue weighted by atomic mass is 32.2.